The lowest BCUT2D eigenvalue weighted by Gasteiger charge is -2.36. The van der Waals surface area contributed by atoms with E-state index in [1.165, 1.54) is 17.0 Å². The molecule has 1 aliphatic heterocycles. The lowest BCUT2D eigenvalue weighted by molar-refractivity contribution is -0.127. The smallest absolute Gasteiger partial charge is 0.273 e. The van der Waals surface area contributed by atoms with Gasteiger partial charge in [-0.2, -0.15) is 0 Å². The first-order chi connectivity index (χ1) is 11.4. The summed E-state index contributed by atoms with van der Waals surface area (Å²) in [7, 11) is -3.85. The second-order valence-electron chi connectivity index (χ2n) is 5.85. The summed E-state index contributed by atoms with van der Waals surface area (Å²) < 4.78 is 40.6. The number of amides is 2. The van der Waals surface area contributed by atoms with Gasteiger partial charge < -0.3 is 0 Å². The lowest BCUT2D eigenvalue weighted by atomic mass is 9.90. The molecule has 24 heavy (non-hydrogen) atoms. The zero-order valence-electron chi connectivity index (χ0n) is 12.8. The van der Waals surface area contributed by atoms with Gasteiger partial charge in [-0.05, 0) is 37.1 Å². The van der Waals surface area contributed by atoms with E-state index in [1.54, 1.807) is 0 Å². The molecule has 0 radical (unpaired) electrons. The molecule has 130 valence electrons. The van der Waals surface area contributed by atoms with E-state index in [0.29, 0.717) is 12.8 Å². The topological polar surface area (TPSA) is 83.6 Å². The summed E-state index contributed by atoms with van der Waals surface area (Å²) in [5.41, 5.74) is 0. The monoisotopic (exact) mass is 372 g/mol. The van der Waals surface area contributed by atoms with E-state index < -0.39 is 27.9 Å². The fourth-order valence-electron chi connectivity index (χ4n) is 3.12. The van der Waals surface area contributed by atoms with Crippen molar-refractivity contribution in [3.05, 3.63) is 30.1 Å². The average molecular weight is 372 g/mol. The van der Waals surface area contributed by atoms with Crippen LogP contribution in [0.4, 0.5) is 9.18 Å². The predicted molar refractivity (Wildman–Crippen MR) is 87.5 cm³/mol. The Morgan fingerprint density at radius 1 is 1.12 bits per heavy atom. The van der Waals surface area contributed by atoms with Crippen LogP contribution in [0.3, 0.4) is 0 Å². The van der Waals surface area contributed by atoms with Gasteiger partial charge in [0.2, 0.25) is 15.9 Å². The van der Waals surface area contributed by atoms with Crippen LogP contribution in [0.15, 0.2) is 29.2 Å². The molecule has 1 saturated carbocycles. The minimum atomic E-state index is -3.85. The van der Waals surface area contributed by atoms with Crippen molar-refractivity contribution in [3.8, 4) is 0 Å². The maximum Gasteiger partial charge on any atom is 0.289 e. The molecular weight excluding hydrogens is 355 g/mol. The highest BCUT2D eigenvalue weighted by Crippen LogP contribution is 2.30. The first-order valence-corrected chi connectivity index (χ1v) is 10.1. The summed E-state index contributed by atoms with van der Waals surface area (Å²) in [5, 5.41) is -0.321. The summed E-state index contributed by atoms with van der Waals surface area (Å²) in [5.74, 6) is -0.690. The minimum Gasteiger partial charge on any atom is -0.273 e. The molecule has 1 N–H and O–H groups in total. The van der Waals surface area contributed by atoms with Crippen LogP contribution in [0.1, 0.15) is 25.7 Å². The van der Waals surface area contributed by atoms with Crippen LogP contribution in [0.25, 0.3) is 0 Å². The molecule has 1 aliphatic carbocycles. The molecular formula is C15H17FN2O4S2. The standard InChI is InChI=1S/C15H17FN2O4S2/c16-10-5-7-11(8-6-10)24(21,22)17-12-3-1-2-4-13(12)18-14(19)9-23-15(18)20/h5-8,12-13,17H,1-4,9H2/t12-,13+/m0/s1. The lowest BCUT2D eigenvalue weighted by Crippen LogP contribution is -2.54. The SMILES string of the molecule is O=C1CSC(=O)N1[C@@H]1CCCC[C@@H]1NS(=O)(=O)c1ccc(F)cc1. The number of nitrogens with one attached hydrogen (secondary N) is 1. The van der Waals surface area contributed by atoms with Crippen molar-refractivity contribution < 1.29 is 22.4 Å². The fourth-order valence-corrected chi connectivity index (χ4v) is 5.19. The van der Waals surface area contributed by atoms with Crippen LogP contribution in [0.2, 0.25) is 0 Å². The Labute approximate surface area is 143 Å². The maximum absolute atomic E-state index is 13.0. The third-order valence-electron chi connectivity index (χ3n) is 4.28. The van der Waals surface area contributed by atoms with Crippen molar-refractivity contribution in [3.63, 3.8) is 0 Å². The van der Waals surface area contributed by atoms with E-state index in [0.717, 1.165) is 36.7 Å². The van der Waals surface area contributed by atoms with Crippen molar-refractivity contribution in [2.45, 2.75) is 42.7 Å². The number of thioether (sulfide) groups is 1. The number of sulfonamides is 1. The number of imide groups is 1. The van der Waals surface area contributed by atoms with Crippen LogP contribution in [0.5, 0.6) is 0 Å². The largest absolute Gasteiger partial charge is 0.289 e. The maximum atomic E-state index is 13.0. The van der Waals surface area contributed by atoms with Crippen molar-refractivity contribution in [1.29, 1.82) is 0 Å². The zero-order valence-corrected chi connectivity index (χ0v) is 14.4. The molecule has 1 heterocycles. The van der Waals surface area contributed by atoms with Gasteiger partial charge in [-0.1, -0.05) is 24.6 Å². The third-order valence-corrected chi connectivity index (χ3v) is 6.62. The van der Waals surface area contributed by atoms with Gasteiger partial charge in [0.15, 0.2) is 0 Å². The van der Waals surface area contributed by atoms with E-state index in [2.05, 4.69) is 4.72 Å². The van der Waals surface area contributed by atoms with Gasteiger partial charge in [-0.15, -0.1) is 0 Å². The van der Waals surface area contributed by atoms with E-state index in [-0.39, 0.29) is 21.8 Å². The van der Waals surface area contributed by atoms with Gasteiger partial charge in [0, 0.05) is 6.04 Å². The highest BCUT2D eigenvalue weighted by Gasteiger charge is 2.41. The second kappa shape index (κ2) is 6.81. The third kappa shape index (κ3) is 3.47. The number of nitrogens with zero attached hydrogens (tertiary/aromatic N) is 1. The summed E-state index contributed by atoms with van der Waals surface area (Å²) >= 11 is 0.944. The molecule has 0 spiro atoms. The Kier molecular flexibility index (Phi) is 4.93. The van der Waals surface area contributed by atoms with Crippen LogP contribution in [0, 0.1) is 5.82 Å². The molecule has 6 nitrogen and oxygen atoms in total. The van der Waals surface area contributed by atoms with Crippen molar-refractivity contribution in [2.75, 3.05) is 5.75 Å². The van der Waals surface area contributed by atoms with Gasteiger partial charge in [-0.3, -0.25) is 14.5 Å². The summed E-state index contributed by atoms with van der Waals surface area (Å²) in [4.78, 5) is 25.1. The Morgan fingerprint density at radius 3 is 2.42 bits per heavy atom. The quantitative estimate of drug-likeness (QED) is 0.875. The van der Waals surface area contributed by atoms with Crippen LogP contribution in [-0.2, 0) is 14.8 Å². The van der Waals surface area contributed by atoms with Crippen molar-refractivity contribution in [1.82, 2.24) is 9.62 Å². The van der Waals surface area contributed by atoms with Gasteiger partial charge >= 0.3 is 0 Å². The Balaban J connectivity index is 1.82. The van der Waals surface area contributed by atoms with E-state index in [4.69, 9.17) is 0 Å². The molecule has 1 saturated heterocycles. The van der Waals surface area contributed by atoms with Gasteiger partial charge in [0.1, 0.15) is 5.82 Å². The molecule has 0 unspecified atom stereocenters. The number of hydrogen-bond donors (Lipinski definition) is 1. The Bertz CT molecular complexity index is 735. The first-order valence-electron chi connectivity index (χ1n) is 7.65. The van der Waals surface area contributed by atoms with Crippen LogP contribution in [-0.4, -0.2) is 42.3 Å². The molecule has 1 aromatic rings. The van der Waals surface area contributed by atoms with Crippen molar-refractivity contribution >= 4 is 32.9 Å². The van der Waals surface area contributed by atoms with Gasteiger partial charge in [0.05, 0.1) is 16.7 Å². The molecule has 2 aliphatic rings. The molecule has 3 rings (SSSR count). The molecule has 9 heteroatoms. The minimum absolute atomic E-state index is 0.0401. The fraction of sp³-hybridized carbons (Fsp3) is 0.467. The summed E-state index contributed by atoms with van der Waals surface area (Å²) in [6, 6.07) is 3.55. The van der Waals surface area contributed by atoms with E-state index in [9.17, 15) is 22.4 Å². The van der Waals surface area contributed by atoms with Crippen molar-refractivity contribution in [2.24, 2.45) is 0 Å². The first kappa shape index (κ1) is 17.4. The molecule has 2 amide bonds. The number of carbonyl (C=O) groups excluding carboxylic acids is 2. The van der Waals surface area contributed by atoms with Gasteiger partial charge in [0.25, 0.3) is 5.24 Å². The summed E-state index contributed by atoms with van der Waals surface area (Å²) in [6.45, 7) is 0. The highest BCUT2D eigenvalue weighted by atomic mass is 32.2. The predicted octanol–water partition coefficient (Wildman–Crippen LogP) is 2.11. The number of hydrogen-bond acceptors (Lipinski definition) is 5. The average Bonchev–Trinajstić information content (AvgIpc) is 2.87. The molecule has 0 bridgehead atoms. The number of benzene rings is 1. The highest BCUT2D eigenvalue weighted by molar-refractivity contribution is 8.14. The number of carbonyl (C=O) groups is 2. The molecule has 2 fully saturated rings. The molecule has 1 aromatic carbocycles. The molecule has 0 aromatic heterocycles. The normalized spacial score (nSPS) is 25.3. The van der Waals surface area contributed by atoms with E-state index >= 15 is 0 Å². The Hall–Kier alpha value is -1.45. The zero-order chi connectivity index (χ0) is 17.3. The van der Waals surface area contributed by atoms with E-state index in [1.807, 2.05) is 0 Å². The van der Waals surface area contributed by atoms with Crippen LogP contribution < -0.4 is 4.72 Å². The second-order valence-corrected chi connectivity index (χ2v) is 8.49. The molecule has 2 atom stereocenters. The van der Waals surface area contributed by atoms with Gasteiger partial charge in [-0.25, -0.2) is 17.5 Å². The Morgan fingerprint density at radius 2 is 1.79 bits per heavy atom. The summed E-state index contributed by atoms with van der Waals surface area (Å²) in [6.07, 6.45) is 2.78. The number of halogens is 1. The number of rotatable bonds is 4. The van der Waals surface area contributed by atoms with Crippen LogP contribution >= 0.6 is 11.8 Å².